The summed E-state index contributed by atoms with van der Waals surface area (Å²) in [5, 5.41) is 3.36. The summed E-state index contributed by atoms with van der Waals surface area (Å²) >= 11 is 0. The van der Waals surface area contributed by atoms with Crippen molar-refractivity contribution in [2.24, 2.45) is 0 Å². The van der Waals surface area contributed by atoms with Crippen molar-refractivity contribution in [1.82, 2.24) is 38.0 Å². The van der Waals surface area contributed by atoms with Gasteiger partial charge in [0.25, 0.3) is 0 Å². The van der Waals surface area contributed by atoms with Gasteiger partial charge in [-0.3, -0.25) is 18.1 Å². The molecule has 8 nitrogen and oxygen atoms in total. The molecule has 8 aromatic carbocycles. The Kier molecular flexibility index (Phi) is 7.43. The fraction of sp³-hybridized carbons (Fsp3) is 0. The van der Waals surface area contributed by atoms with Gasteiger partial charge in [0.1, 0.15) is 5.52 Å². The number of hydrogen-bond acceptors (Lipinski definition) is 4. The average Bonchev–Trinajstić information content (AvgIpc) is 4.07. The molecule has 0 N–H and O–H groups in total. The summed E-state index contributed by atoms with van der Waals surface area (Å²) < 4.78 is 9.14. The Morgan fingerprint density at radius 2 is 0.806 bits per heavy atom. The van der Waals surface area contributed by atoms with Crippen molar-refractivity contribution in [3.63, 3.8) is 0 Å². The van der Waals surface area contributed by atoms with Crippen molar-refractivity contribution < 1.29 is 0 Å². The number of benzene rings is 8. The summed E-state index contributed by atoms with van der Waals surface area (Å²) in [7, 11) is 0. The second kappa shape index (κ2) is 13.5. The van der Waals surface area contributed by atoms with Gasteiger partial charge >= 0.3 is 0 Å². The molecule has 290 valence electrons. The van der Waals surface area contributed by atoms with Gasteiger partial charge in [0.15, 0.2) is 17.3 Å². The zero-order chi connectivity index (χ0) is 40.7. The van der Waals surface area contributed by atoms with E-state index in [1.165, 1.54) is 0 Å². The molecule has 0 radical (unpaired) electrons. The highest BCUT2D eigenvalue weighted by molar-refractivity contribution is 6.11. The van der Waals surface area contributed by atoms with Crippen LogP contribution in [-0.2, 0) is 0 Å². The third-order valence-corrected chi connectivity index (χ3v) is 12.0. The summed E-state index contributed by atoms with van der Waals surface area (Å²) in [6.45, 7) is 0. The van der Waals surface area contributed by atoms with Gasteiger partial charge in [-0.15, -0.1) is 0 Å². The molecule has 0 unspecified atom stereocenters. The lowest BCUT2D eigenvalue weighted by Gasteiger charge is -2.11. The molecule has 0 aliphatic carbocycles. The molecule has 0 aliphatic rings. The van der Waals surface area contributed by atoms with Crippen LogP contribution in [0.15, 0.2) is 206 Å². The van der Waals surface area contributed by atoms with Crippen LogP contribution in [0, 0.1) is 0 Å². The van der Waals surface area contributed by atoms with Gasteiger partial charge in [0.05, 0.1) is 27.6 Å². The van der Waals surface area contributed by atoms with E-state index < -0.39 is 0 Å². The van der Waals surface area contributed by atoms with Crippen LogP contribution < -0.4 is 0 Å². The SMILES string of the molecule is c1ccc(-c2nc(-c3ccccc3)nc(-n3c4ccccc4c4cc(-c5ccc6c(c5)n(-c5ccccc5)c5nc7c8ccccc8n(-c8ccccc8)c7n65)ccc43)n2)cc1. The minimum absolute atomic E-state index is 0.571. The third-order valence-electron chi connectivity index (χ3n) is 12.0. The van der Waals surface area contributed by atoms with E-state index in [1.54, 1.807) is 0 Å². The maximum Gasteiger partial charge on any atom is 0.238 e. The number of imidazole rings is 2. The number of hydrogen-bond donors (Lipinski definition) is 0. The molecule has 0 saturated carbocycles. The molecular weight excluding hydrogens is 761 g/mol. The fourth-order valence-corrected chi connectivity index (χ4v) is 9.26. The van der Waals surface area contributed by atoms with Crippen molar-refractivity contribution in [2.75, 3.05) is 0 Å². The number of fused-ring (bicyclic) bond motifs is 10. The summed E-state index contributed by atoms with van der Waals surface area (Å²) in [6, 6.07) is 71.9. The lowest BCUT2D eigenvalue weighted by Crippen LogP contribution is -2.06. The van der Waals surface area contributed by atoms with Crippen LogP contribution in [-0.4, -0.2) is 38.0 Å². The average molecular weight is 795 g/mol. The van der Waals surface area contributed by atoms with E-state index in [0.717, 1.165) is 94.3 Å². The van der Waals surface area contributed by atoms with E-state index in [-0.39, 0.29) is 0 Å². The first kappa shape index (κ1) is 34.3. The Hall–Kier alpha value is -8.62. The highest BCUT2D eigenvalue weighted by atomic mass is 15.3. The highest BCUT2D eigenvalue weighted by Gasteiger charge is 2.25. The van der Waals surface area contributed by atoms with Crippen molar-refractivity contribution in [1.29, 1.82) is 0 Å². The first-order chi connectivity index (χ1) is 30.8. The summed E-state index contributed by atoms with van der Waals surface area (Å²) in [5.74, 6) is 2.68. The maximum atomic E-state index is 5.45. The third kappa shape index (κ3) is 5.13. The number of rotatable bonds is 6. The largest absolute Gasteiger partial charge is 0.294 e. The summed E-state index contributed by atoms with van der Waals surface area (Å²) in [4.78, 5) is 20.7. The fourth-order valence-electron chi connectivity index (χ4n) is 9.26. The minimum Gasteiger partial charge on any atom is -0.294 e. The van der Waals surface area contributed by atoms with Crippen LogP contribution in [0.2, 0.25) is 0 Å². The van der Waals surface area contributed by atoms with Crippen LogP contribution in [0.1, 0.15) is 0 Å². The Labute approximate surface area is 354 Å². The molecule has 5 heterocycles. The quantitative estimate of drug-likeness (QED) is 0.168. The molecular formula is C54H34N8. The smallest absolute Gasteiger partial charge is 0.238 e. The molecule has 0 spiro atoms. The van der Waals surface area contributed by atoms with Gasteiger partial charge in [-0.1, -0.05) is 146 Å². The Balaban J connectivity index is 1.03. The summed E-state index contributed by atoms with van der Waals surface area (Å²) in [5.41, 5.74) is 13.5. The standard InChI is InChI=1S/C54H34N8/c1-5-17-35(18-6-1)50-56-51(36-19-7-2-8-20-36)58-53(57-50)61-44-27-15-13-25-41(44)43-33-37(29-31-46(43)61)38-30-32-47-48(34-38)60(40-23-11-4-12-24-40)54-55-49-42-26-14-16-28-45(42)59(52(49)62(47)54)39-21-9-3-10-22-39/h1-34H. The first-order valence-corrected chi connectivity index (χ1v) is 20.7. The zero-order valence-electron chi connectivity index (χ0n) is 33.2. The van der Waals surface area contributed by atoms with Gasteiger partial charge in [-0.05, 0) is 71.8 Å². The summed E-state index contributed by atoms with van der Waals surface area (Å²) in [6.07, 6.45) is 0. The monoisotopic (exact) mass is 794 g/mol. The lowest BCUT2D eigenvalue weighted by atomic mass is 10.0. The molecule has 13 rings (SSSR count). The molecule has 0 bridgehead atoms. The highest BCUT2D eigenvalue weighted by Crippen LogP contribution is 2.39. The molecule has 8 heteroatoms. The Morgan fingerprint density at radius 1 is 0.306 bits per heavy atom. The molecule has 0 amide bonds. The van der Waals surface area contributed by atoms with Gasteiger partial charge in [0.2, 0.25) is 11.7 Å². The number of nitrogens with zero attached hydrogens (tertiary/aromatic N) is 8. The van der Waals surface area contributed by atoms with Crippen LogP contribution in [0.25, 0.3) is 112 Å². The molecule has 62 heavy (non-hydrogen) atoms. The normalized spacial score (nSPS) is 11.9. The predicted octanol–water partition coefficient (Wildman–Crippen LogP) is 12.7. The second-order valence-electron chi connectivity index (χ2n) is 15.6. The number of para-hydroxylation sites is 4. The predicted molar refractivity (Wildman–Crippen MR) is 250 cm³/mol. The molecule has 0 atom stereocenters. The van der Waals surface area contributed by atoms with E-state index in [4.69, 9.17) is 19.9 Å². The first-order valence-electron chi connectivity index (χ1n) is 20.7. The number of aromatic nitrogens is 8. The minimum atomic E-state index is 0.571. The van der Waals surface area contributed by atoms with Crippen LogP contribution in [0.3, 0.4) is 0 Å². The molecule has 0 saturated heterocycles. The topological polar surface area (TPSA) is 70.8 Å². The molecule has 0 fully saturated rings. The van der Waals surface area contributed by atoms with Gasteiger partial charge in [-0.25, -0.2) is 9.97 Å². The van der Waals surface area contributed by atoms with E-state index in [1.807, 2.05) is 60.7 Å². The van der Waals surface area contributed by atoms with Crippen molar-refractivity contribution in [2.45, 2.75) is 0 Å². The molecule has 0 aliphatic heterocycles. The van der Waals surface area contributed by atoms with E-state index in [9.17, 15) is 0 Å². The van der Waals surface area contributed by atoms with Crippen molar-refractivity contribution >= 4 is 60.7 Å². The van der Waals surface area contributed by atoms with Gasteiger partial charge in [-0.2, -0.15) is 9.97 Å². The van der Waals surface area contributed by atoms with Crippen molar-refractivity contribution in [3.8, 4) is 51.2 Å². The van der Waals surface area contributed by atoms with Gasteiger partial charge in [0, 0.05) is 38.7 Å². The second-order valence-corrected chi connectivity index (χ2v) is 15.6. The maximum absolute atomic E-state index is 5.45. The Bertz CT molecular complexity index is 3790. The van der Waals surface area contributed by atoms with E-state index in [2.05, 4.69) is 164 Å². The lowest BCUT2D eigenvalue weighted by molar-refractivity contribution is 0.953. The Morgan fingerprint density at radius 3 is 1.45 bits per heavy atom. The van der Waals surface area contributed by atoms with Crippen molar-refractivity contribution in [3.05, 3.63) is 206 Å². The molecule has 5 aromatic heterocycles. The van der Waals surface area contributed by atoms with E-state index >= 15 is 0 Å². The zero-order valence-corrected chi connectivity index (χ0v) is 33.2. The van der Waals surface area contributed by atoms with Crippen LogP contribution in [0.5, 0.6) is 0 Å². The van der Waals surface area contributed by atoms with Gasteiger partial charge < -0.3 is 0 Å². The van der Waals surface area contributed by atoms with Crippen LogP contribution in [0.4, 0.5) is 0 Å². The van der Waals surface area contributed by atoms with E-state index in [0.29, 0.717) is 17.6 Å². The van der Waals surface area contributed by atoms with Crippen LogP contribution >= 0.6 is 0 Å². The molecule has 13 aromatic rings.